The lowest BCUT2D eigenvalue weighted by atomic mass is 10.0. The van der Waals surface area contributed by atoms with Crippen LogP contribution in [0.3, 0.4) is 0 Å². The molecule has 63 heavy (non-hydrogen) atoms. The van der Waals surface area contributed by atoms with E-state index in [9.17, 15) is 14.3 Å². The second kappa shape index (κ2) is 46.7. The number of phosphoric ester groups is 1. The third-order valence-corrected chi connectivity index (χ3v) is 12.1. The van der Waals surface area contributed by atoms with Gasteiger partial charge in [0.25, 0.3) is 0 Å². The Kier molecular flexibility index (Phi) is 45.4. The number of allylic oxidation sites excluding steroid dienone is 10. The molecule has 0 aromatic rings. The number of rotatable bonds is 48. The molecule has 0 amide bonds. The number of carbonyl (C=O) groups is 1. The van der Waals surface area contributed by atoms with Crippen LogP contribution in [0, 0.1) is 0 Å². The van der Waals surface area contributed by atoms with Crippen LogP contribution in [-0.4, -0.2) is 75.6 Å². The summed E-state index contributed by atoms with van der Waals surface area (Å²) in [4.78, 5) is 23.0. The highest BCUT2D eigenvalue weighted by molar-refractivity contribution is 7.47. The first-order valence-electron chi connectivity index (χ1n) is 26.0. The Labute approximate surface area is 390 Å². The van der Waals surface area contributed by atoms with E-state index in [1.165, 1.54) is 128 Å². The fourth-order valence-corrected chi connectivity index (χ4v) is 7.85. The average Bonchev–Trinajstić information content (AvgIpc) is 3.24. The number of esters is 1. The highest BCUT2D eigenvalue weighted by atomic mass is 31.2. The van der Waals surface area contributed by atoms with Gasteiger partial charge in [-0.3, -0.25) is 13.8 Å². The molecule has 0 bridgehead atoms. The van der Waals surface area contributed by atoms with E-state index < -0.39 is 13.9 Å². The summed E-state index contributed by atoms with van der Waals surface area (Å²) in [5.74, 6) is -0.319. The summed E-state index contributed by atoms with van der Waals surface area (Å²) >= 11 is 0. The molecular formula is C54H101NO7P+. The Hall–Kier alpha value is -1.80. The van der Waals surface area contributed by atoms with Crippen molar-refractivity contribution in [1.29, 1.82) is 0 Å². The van der Waals surface area contributed by atoms with E-state index in [0.29, 0.717) is 24.1 Å². The van der Waals surface area contributed by atoms with E-state index >= 15 is 0 Å². The zero-order valence-corrected chi connectivity index (χ0v) is 42.7. The second-order valence-electron chi connectivity index (χ2n) is 18.5. The number of hydrogen-bond acceptors (Lipinski definition) is 6. The summed E-state index contributed by atoms with van der Waals surface area (Å²) in [6.45, 7) is 5.53. The zero-order chi connectivity index (χ0) is 46.2. The van der Waals surface area contributed by atoms with Gasteiger partial charge in [-0.1, -0.05) is 216 Å². The maximum Gasteiger partial charge on any atom is 0.472 e. The van der Waals surface area contributed by atoms with Crippen LogP contribution >= 0.6 is 7.82 Å². The first-order valence-corrected chi connectivity index (χ1v) is 27.5. The smallest absolute Gasteiger partial charge is 0.457 e. The number of carbonyl (C=O) groups excluding carboxylic acids is 1. The Bertz CT molecular complexity index is 1190. The Morgan fingerprint density at radius 2 is 0.921 bits per heavy atom. The summed E-state index contributed by atoms with van der Waals surface area (Å²) < 4.78 is 35.2. The van der Waals surface area contributed by atoms with Gasteiger partial charge in [-0.25, -0.2) is 4.57 Å². The third-order valence-electron chi connectivity index (χ3n) is 11.1. The number of hydrogen-bond donors (Lipinski definition) is 1. The number of likely N-dealkylation sites (N-methyl/N-ethyl adjacent to an activating group) is 1. The van der Waals surface area contributed by atoms with Crippen molar-refractivity contribution in [2.45, 2.75) is 225 Å². The van der Waals surface area contributed by atoms with Crippen molar-refractivity contribution < 1.29 is 37.3 Å². The highest BCUT2D eigenvalue weighted by Crippen LogP contribution is 2.43. The Morgan fingerprint density at radius 3 is 1.38 bits per heavy atom. The van der Waals surface area contributed by atoms with Crippen LogP contribution in [0.15, 0.2) is 60.8 Å². The van der Waals surface area contributed by atoms with Gasteiger partial charge in [0.15, 0.2) is 0 Å². The molecule has 0 rings (SSSR count). The van der Waals surface area contributed by atoms with E-state index in [4.69, 9.17) is 18.5 Å². The molecule has 0 fully saturated rings. The minimum Gasteiger partial charge on any atom is -0.457 e. The summed E-state index contributed by atoms with van der Waals surface area (Å²) in [6.07, 6.45) is 59.8. The molecule has 9 heteroatoms. The SMILES string of the molecule is CC/C=C\C/C=C\C/C=C\C/C=C\C/C=C\CCCCCCCCCCCC(=O)OC(COCCCCCCCCCCCCCCCCCC)COP(=O)(O)OCC[N+](C)(C)C. The molecule has 0 saturated carbocycles. The largest absolute Gasteiger partial charge is 0.472 e. The van der Waals surface area contributed by atoms with Crippen molar-refractivity contribution in [2.75, 3.05) is 54.1 Å². The van der Waals surface area contributed by atoms with Crippen molar-refractivity contribution in [2.24, 2.45) is 0 Å². The number of unbranched alkanes of at least 4 members (excludes halogenated alkanes) is 24. The number of ether oxygens (including phenoxy) is 2. The van der Waals surface area contributed by atoms with Gasteiger partial charge in [0.1, 0.15) is 19.3 Å². The normalized spacial score (nSPS) is 14.1. The minimum atomic E-state index is -4.28. The van der Waals surface area contributed by atoms with E-state index in [0.717, 1.165) is 70.6 Å². The Morgan fingerprint density at radius 1 is 0.508 bits per heavy atom. The van der Waals surface area contributed by atoms with Crippen molar-refractivity contribution in [3.8, 4) is 0 Å². The van der Waals surface area contributed by atoms with Gasteiger partial charge in [-0.15, -0.1) is 0 Å². The van der Waals surface area contributed by atoms with E-state index in [1.54, 1.807) is 0 Å². The monoisotopic (exact) mass is 907 g/mol. The molecule has 0 aliphatic carbocycles. The number of quaternary nitrogens is 1. The lowest BCUT2D eigenvalue weighted by molar-refractivity contribution is -0.870. The zero-order valence-electron chi connectivity index (χ0n) is 41.8. The van der Waals surface area contributed by atoms with Crippen LogP contribution in [0.1, 0.15) is 219 Å². The first kappa shape index (κ1) is 61.2. The summed E-state index contributed by atoms with van der Waals surface area (Å²) in [5.41, 5.74) is 0. The molecule has 0 heterocycles. The molecule has 0 aromatic carbocycles. The van der Waals surface area contributed by atoms with Crippen molar-refractivity contribution in [3.05, 3.63) is 60.8 Å². The van der Waals surface area contributed by atoms with Gasteiger partial charge in [0.05, 0.1) is 34.4 Å². The molecule has 0 aliphatic heterocycles. The minimum absolute atomic E-state index is 0.0866. The fourth-order valence-electron chi connectivity index (χ4n) is 7.11. The molecule has 8 nitrogen and oxygen atoms in total. The first-order chi connectivity index (χ1) is 30.6. The Balaban J connectivity index is 4.13. The second-order valence-corrected chi connectivity index (χ2v) is 20.0. The summed E-state index contributed by atoms with van der Waals surface area (Å²) in [5, 5.41) is 0. The van der Waals surface area contributed by atoms with Gasteiger partial charge in [-0.05, 0) is 57.8 Å². The molecule has 0 aromatic heterocycles. The maximum absolute atomic E-state index is 12.8. The van der Waals surface area contributed by atoms with Gasteiger partial charge >= 0.3 is 13.8 Å². The number of nitrogens with zero attached hydrogens (tertiary/aromatic N) is 1. The van der Waals surface area contributed by atoms with E-state index in [-0.39, 0.29) is 25.8 Å². The van der Waals surface area contributed by atoms with E-state index in [1.807, 2.05) is 21.1 Å². The predicted octanol–water partition coefficient (Wildman–Crippen LogP) is 16.1. The van der Waals surface area contributed by atoms with Crippen LogP contribution in [-0.2, 0) is 27.9 Å². The van der Waals surface area contributed by atoms with Gasteiger partial charge < -0.3 is 18.9 Å². The molecule has 0 radical (unpaired) electrons. The van der Waals surface area contributed by atoms with Crippen LogP contribution < -0.4 is 0 Å². The quantitative estimate of drug-likeness (QED) is 0.0214. The molecule has 2 atom stereocenters. The average molecular weight is 907 g/mol. The van der Waals surface area contributed by atoms with Crippen LogP contribution in [0.5, 0.6) is 0 Å². The van der Waals surface area contributed by atoms with Crippen LogP contribution in [0.25, 0.3) is 0 Å². The molecule has 0 aliphatic rings. The molecule has 0 spiro atoms. The van der Waals surface area contributed by atoms with E-state index in [2.05, 4.69) is 74.6 Å². The van der Waals surface area contributed by atoms with Crippen molar-refractivity contribution in [1.82, 2.24) is 0 Å². The summed E-state index contributed by atoms with van der Waals surface area (Å²) in [7, 11) is 1.66. The lowest BCUT2D eigenvalue weighted by Gasteiger charge is -2.24. The molecule has 2 unspecified atom stereocenters. The molecule has 1 N–H and O–H groups in total. The van der Waals surface area contributed by atoms with Gasteiger partial charge in [-0.2, -0.15) is 0 Å². The fraction of sp³-hybridized carbons (Fsp3) is 0.796. The van der Waals surface area contributed by atoms with Crippen LogP contribution in [0.2, 0.25) is 0 Å². The topological polar surface area (TPSA) is 91.3 Å². The third kappa shape index (κ3) is 51.1. The summed E-state index contributed by atoms with van der Waals surface area (Å²) in [6, 6.07) is 0. The molecule has 0 saturated heterocycles. The number of phosphoric acid groups is 1. The standard InChI is InChI=1S/C54H100NO7P/c1-6-8-10-12-14-16-18-20-22-24-25-26-27-28-29-30-31-32-33-35-37-39-41-43-45-47-54(56)62-53(52-61-63(57,58)60-50-48-55(3,4)5)51-59-49-46-44-42-40-38-36-34-23-21-19-17-15-13-11-9-7-2/h8,10,14,16,20,22,25-26,28-29,53H,6-7,9,11-13,15,17-19,21,23-24,27,30-52H2,1-5H3/p+1/b10-8-,16-14-,22-20-,26-25-,29-28-. The predicted molar refractivity (Wildman–Crippen MR) is 270 cm³/mol. The highest BCUT2D eigenvalue weighted by Gasteiger charge is 2.26. The lowest BCUT2D eigenvalue weighted by Crippen LogP contribution is -2.37. The van der Waals surface area contributed by atoms with Crippen LogP contribution in [0.4, 0.5) is 0 Å². The molecule has 368 valence electrons. The van der Waals surface area contributed by atoms with Crippen molar-refractivity contribution in [3.63, 3.8) is 0 Å². The van der Waals surface area contributed by atoms with Crippen molar-refractivity contribution >= 4 is 13.8 Å². The molecular weight excluding hydrogens is 806 g/mol. The maximum atomic E-state index is 12.8. The van der Waals surface area contributed by atoms with Gasteiger partial charge in [0.2, 0.25) is 0 Å². The van der Waals surface area contributed by atoms with Gasteiger partial charge in [0, 0.05) is 13.0 Å².